The standard InChI is InChI=1S/C12H10F3N5O3S/c1-2-7-19-9(12(13,14)15)8(24-7)11(21)18-6-4-3-5(20(22)23)10(16)17-6/h3-4H,2H2,1H3,(H3,16,17,18,21). The molecule has 0 spiro atoms. The maximum Gasteiger partial charge on any atom is 0.435 e. The molecule has 0 atom stereocenters. The lowest BCUT2D eigenvalue weighted by Gasteiger charge is -2.07. The molecule has 0 unspecified atom stereocenters. The van der Waals surface area contributed by atoms with Gasteiger partial charge in [0.05, 0.1) is 9.93 Å². The molecule has 3 N–H and O–H groups in total. The SMILES string of the molecule is CCc1nc(C(F)(F)F)c(C(=O)Nc2ccc([N+](=O)[O-])c(N)n2)s1. The molecule has 0 aliphatic heterocycles. The topological polar surface area (TPSA) is 124 Å². The Labute approximate surface area is 136 Å². The summed E-state index contributed by atoms with van der Waals surface area (Å²) in [7, 11) is 0. The van der Waals surface area contributed by atoms with Crippen LogP contribution in [0.2, 0.25) is 0 Å². The zero-order valence-corrected chi connectivity index (χ0v) is 12.9. The highest BCUT2D eigenvalue weighted by Gasteiger charge is 2.39. The predicted molar refractivity (Wildman–Crippen MR) is 79.8 cm³/mol. The second kappa shape index (κ2) is 6.39. The van der Waals surface area contributed by atoms with Crippen LogP contribution in [0.25, 0.3) is 0 Å². The molecule has 2 aromatic heterocycles. The minimum absolute atomic E-state index is 0.156. The molecule has 128 valence electrons. The highest BCUT2D eigenvalue weighted by atomic mass is 32.1. The molecule has 2 aromatic rings. The largest absolute Gasteiger partial charge is 0.435 e. The Morgan fingerprint density at radius 1 is 1.42 bits per heavy atom. The fraction of sp³-hybridized carbons (Fsp3) is 0.250. The van der Waals surface area contributed by atoms with Gasteiger partial charge in [0.2, 0.25) is 5.82 Å². The van der Waals surface area contributed by atoms with E-state index in [1.165, 1.54) is 0 Å². The molecule has 0 aliphatic carbocycles. The Kier molecular flexibility index (Phi) is 4.68. The summed E-state index contributed by atoms with van der Waals surface area (Å²) in [5.74, 6) is -1.74. The van der Waals surface area contributed by atoms with Crippen molar-refractivity contribution >= 4 is 34.6 Å². The van der Waals surface area contributed by atoms with Gasteiger partial charge in [0.25, 0.3) is 5.91 Å². The highest BCUT2D eigenvalue weighted by molar-refractivity contribution is 7.14. The summed E-state index contributed by atoms with van der Waals surface area (Å²) < 4.78 is 38.9. The fourth-order valence-corrected chi connectivity index (χ4v) is 2.64. The third-order valence-electron chi connectivity index (χ3n) is 2.79. The van der Waals surface area contributed by atoms with Crippen molar-refractivity contribution in [1.82, 2.24) is 9.97 Å². The number of pyridine rings is 1. The van der Waals surface area contributed by atoms with E-state index in [-0.39, 0.29) is 17.2 Å². The van der Waals surface area contributed by atoms with Gasteiger partial charge in [-0.1, -0.05) is 6.92 Å². The molecular formula is C12H10F3N5O3S. The van der Waals surface area contributed by atoms with E-state index in [2.05, 4.69) is 15.3 Å². The Bertz CT molecular complexity index is 806. The van der Waals surface area contributed by atoms with Crippen LogP contribution in [0, 0.1) is 10.1 Å². The van der Waals surface area contributed by atoms with Crippen LogP contribution in [0.4, 0.5) is 30.5 Å². The first-order valence-corrected chi connectivity index (χ1v) is 7.24. The number of carbonyl (C=O) groups excluding carboxylic acids is 1. The minimum Gasteiger partial charge on any atom is -0.378 e. The van der Waals surface area contributed by atoms with Gasteiger partial charge in [0, 0.05) is 6.07 Å². The number of nitrogens with two attached hydrogens (primary N) is 1. The van der Waals surface area contributed by atoms with Gasteiger partial charge in [-0.15, -0.1) is 11.3 Å². The maximum atomic E-state index is 13.0. The molecule has 0 radical (unpaired) electrons. The molecule has 2 rings (SSSR count). The van der Waals surface area contributed by atoms with Crippen LogP contribution in [-0.4, -0.2) is 20.8 Å². The van der Waals surface area contributed by atoms with Gasteiger partial charge >= 0.3 is 11.9 Å². The van der Waals surface area contributed by atoms with Crippen molar-refractivity contribution in [3.8, 4) is 0 Å². The fourth-order valence-electron chi connectivity index (χ4n) is 1.73. The lowest BCUT2D eigenvalue weighted by atomic mass is 10.3. The van der Waals surface area contributed by atoms with Crippen molar-refractivity contribution in [3.63, 3.8) is 0 Å². The molecule has 0 fully saturated rings. The maximum absolute atomic E-state index is 13.0. The lowest BCUT2D eigenvalue weighted by molar-refractivity contribution is -0.384. The Balaban J connectivity index is 2.32. The first-order valence-electron chi connectivity index (χ1n) is 6.42. The first-order chi connectivity index (χ1) is 11.1. The summed E-state index contributed by atoms with van der Waals surface area (Å²) in [6, 6.07) is 2.06. The summed E-state index contributed by atoms with van der Waals surface area (Å²) in [4.78, 5) is 28.3. The molecule has 0 aliphatic rings. The Morgan fingerprint density at radius 2 is 2.08 bits per heavy atom. The van der Waals surface area contributed by atoms with Gasteiger partial charge in [0.15, 0.2) is 5.69 Å². The van der Waals surface area contributed by atoms with Crippen molar-refractivity contribution in [3.05, 3.63) is 37.8 Å². The predicted octanol–water partition coefficient (Wildman–Crippen LogP) is 2.86. The summed E-state index contributed by atoms with van der Waals surface area (Å²) in [5.41, 5.74) is 3.61. The van der Waals surface area contributed by atoms with Gasteiger partial charge in [-0.2, -0.15) is 13.2 Å². The molecule has 0 aromatic carbocycles. The number of thiazole rings is 1. The summed E-state index contributed by atoms with van der Waals surface area (Å²) >= 11 is 0.616. The van der Waals surface area contributed by atoms with E-state index >= 15 is 0 Å². The number of nitro groups is 1. The number of nitrogen functional groups attached to an aromatic ring is 1. The molecule has 0 saturated carbocycles. The van der Waals surface area contributed by atoms with Crippen LogP contribution in [0.5, 0.6) is 0 Å². The van der Waals surface area contributed by atoms with Crippen LogP contribution in [0.1, 0.15) is 27.3 Å². The molecule has 12 heteroatoms. The number of amides is 1. The van der Waals surface area contributed by atoms with E-state index in [0.29, 0.717) is 11.3 Å². The molecular weight excluding hydrogens is 351 g/mol. The van der Waals surface area contributed by atoms with Gasteiger partial charge in [-0.25, -0.2) is 9.97 Å². The number of hydrogen-bond donors (Lipinski definition) is 2. The van der Waals surface area contributed by atoms with Crippen LogP contribution < -0.4 is 11.1 Å². The van der Waals surface area contributed by atoms with Crippen LogP contribution in [-0.2, 0) is 12.6 Å². The number of aromatic nitrogens is 2. The number of anilines is 2. The van der Waals surface area contributed by atoms with Crippen molar-refractivity contribution in [1.29, 1.82) is 0 Å². The second-order valence-electron chi connectivity index (χ2n) is 4.45. The minimum atomic E-state index is -4.78. The molecule has 0 bridgehead atoms. The van der Waals surface area contributed by atoms with E-state index < -0.39 is 39.1 Å². The van der Waals surface area contributed by atoms with E-state index in [1.54, 1.807) is 6.92 Å². The number of rotatable bonds is 4. The number of carbonyl (C=O) groups is 1. The van der Waals surface area contributed by atoms with Crippen molar-refractivity contribution in [2.75, 3.05) is 11.1 Å². The van der Waals surface area contributed by atoms with Crippen LogP contribution in [0.15, 0.2) is 12.1 Å². The number of nitrogens with zero attached hydrogens (tertiary/aromatic N) is 3. The summed E-state index contributed by atoms with van der Waals surface area (Å²) in [6.07, 6.45) is -4.54. The number of halogens is 3. The average Bonchev–Trinajstić information content (AvgIpc) is 2.91. The van der Waals surface area contributed by atoms with Gasteiger partial charge in [0.1, 0.15) is 10.7 Å². The molecule has 2 heterocycles. The molecule has 1 amide bonds. The van der Waals surface area contributed by atoms with E-state index in [0.717, 1.165) is 12.1 Å². The lowest BCUT2D eigenvalue weighted by Crippen LogP contribution is -2.18. The second-order valence-corrected chi connectivity index (χ2v) is 5.53. The average molecular weight is 361 g/mol. The Morgan fingerprint density at radius 3 is 2.58 bits per heavy atom. The number of alkyl halides is 3. The van der Waals surface area contributed by atoms with Gasteiger partial charge in [-0.05, 0) is 12.5 Å². The quantitative estimate of drug-likeness (QED) is 0.637. The van der Waals surface area contributed by atoms with Crippen molar-refractivity contribution in [2.45, 2.75) is 19.5 Å². The number of aryl methyl sites for hydroxylation is 1. The van der Waals surface area contributed by atoms with Gasteiger partial charge < -0.3 is 11.1 Å². The molecule has 8 nitrogen and oxygen atoms in total. The molecule has 24 heavy (non-hydrogen) atoms. The third-order valence-corrected chi connectivity index (χ3v) is 3.99. The highest BCUT2D eigenvalue weighted by Crippen LogP contribution is 2.35. The van der Waals surface area contributed by atoms with Crippen molar-refractivity contribution < 1.29 is 22.9 Å². The Hall–Kier alpha value is -2.76. The zero-order chi connectivity index (χ0) is 18.1. The molecule has 0 saturated heterocycles. The van der Waals surface area contributed by atoms with Gasteiger partial charge in [-0.3, -0.25) is 14.9 Å². The smallest absolute Gasteiger partial charge is 0.378 e. The first kappa shape index (κ1) is 17.6. The van der Waals surface area contributed by atoms with Crippen molar-refractivity contribution in [2.24, 2.45) is 0 Å². The zero-order valence-electron chi connectivity index (χ0n) is 12.0. The number of nitrogens with one attached hydrogen (secondary N) is 1. The summed E-state index contributed by atoms with van der Waals surface area (Å²) in [5, 5.41) is 12.9. The third kappa shape index (κ3) is 3.59. The normalized spacial score (nSPS) is 11.3. The monoisotopic (exact) mass is 361 g/mol. The van der Waals surface area contributed by atoms with E-state index in [9.17, 15) is 28.1 Å². The van der Waals surface area contributed by atoms with E-state index in [1.807, 2.05) is 0 Å². The van der Waals surface area contributed by atoms with Crippen LogP contribution >= 0.6 is 11.3 Å². The number of hydrogen-bond acceptors (Lipinski definition) is 7. The van der Waals surface area contributed by atoms with Crippen LogP contribution in [0.3, 0.4) is 0 Å². The summed E-state index contributed by atoms with van der Waals surface area (Å²) in [6.45, 7) is 1.61. The van der Waals surface area contributed by atoms with E-state index in [4.69, 9.17) is 5.73 Å².